The first-order valence-corrected chi connectivity index (χ1v) is 10.7. The van der Waals surface area contributed by atoms with Gasteiger partial charge in [-0.3, -0.25) is 9.36 Å². The van der Waals surface area contributed by atoms with Gasteiger partial charge in [0.1, 0.15) is 4.70 Å². The molecule has 3 nitrogen and oxygen atoms in total. The summed E-state index contributed by atoms with van der Waals surface area (Å²) in [5, 5.41) is 2.71. The standard InChI is InChI=1S/C22H20N2OS2/c1-15-8-9-18(16(2)12-15)14-27-22-23-19-10-11-26-20(19)21(25)24(22)13-17-6-4-3-5-7-17/h3-12H,13-14H2,1-2H3. The van der Waals surface area contributed by atoms with Crippen LogP contribution in [-0.4, -0.2) is 9.55 Å². The average Bonchev–Trinajstić information content (AvgIpc) is 3.13. The fourth-order valence-electron chi connectivity index (χ4n) is 3.09. The van der Waals surface area contributed by atoms with Gasteiger partial charge in [0, 0.05) is 5.75 Å². The SMILES string of the molecule is Cc1ccc(CSc2nc3ccsc3c(=O)n2Cc2ccccc2)c(C)c1. The summed E-state index contributed by atoms with van der Waals surface area (Å²) in [6.45, 7) is 4.78. The van der Waals surface area contributed by atoms with Crippen LogP contribution in [-0.2, 0) is 12.3 Å². The molecule has 0 saturated heterocycles. The van der Waals surface area contributed by atoms with Crippen LogP contribution in [0.4, 0.5) is 0 Å². The van der Waals surface area contributed by atoms with Crippen molar-refractivity contribution in [2.75, 3.05) is 0 Å². The van der Waals surface area contributed by atoms with Gasteiger partial charge >= 0.3 is 0 Å². The molecule has 0 bridgehead atoms. The number of rotatable bonds is 5. The molecule has 27 heavy (non-hydrogen) atoms. The first-order valence-electron chi connectivity index (χ1n) is 8.83. The third-order valence-electron chi connectivity index (χ3n) is 4.57. The summed E-state index contributed by atoms with van der Waals surface area (Å²) in [6, 6.07) is 18.5. The van der Waals surface area contributed by atoms with Gasteiger partial charge in [0.2, 0.25) is 0 Å². The monoisotopic (exact) mass is 392 g/mol. The Morgan fingerprint density at radius 3 is 2.67 bits per heavy atom. The molecule has 2 aromatic heterocycles. The highest BCUT2D eigenvalue weighted by Crippen LogP contribution is 2.26. The van der Waals surface area contributed by atoms with Crippen LogP contribution in [0, 0.1) is 13.8 Å². The van der Waals surface area contributed by atoms with E-state index in [-0.39, 0.29) is 5.56 Å². The predicted molar refractivity (Wildman–Crippen MR) is 115 cm³/mol. The molecule has 0 radical (unpaired) electrons. The average molecular weight is 393 g/mol. The Balaban J connectivity index is 1.71. The van der Waals surface area contributed by atoms with E-state index in [1.54, 1.807) is 11.8 Å². The number of fused-ring (bicyclic) bond motifs is 1. The van der Waals surface area contributed by atoms with E-state index < -0.39 is 0 Å². The smallest absolute Gasteiger partial charge is 0.272 e. The summed E-state index contributed by atoms with van der Waals surface area (Å²) in [4.78, 5) is 17.8. The molecule has 0 atom stereocenters. The number of benzene rings is 2. The first-order chi connectivity index (χ1) is 13.1. The van der Waals surface area contributed by atoms with Crippen LogP contribution in [0.2, 0.25) is 0 Å². The highest BCUT2D eigenvalue weighted by Gasteiger charge is 2.13. The Hall–Kier alpha value is -2.37. The van der Waals surface area contributed by atoms with E-state index in [0.717, 1.165) is 26.7 Å². The van der Waals surface area contributed by atoms with Crippen molar-refractivity contribution in [3.63, 3.8) is 0 Å². The second kappa shape index (κ2) is 7.71. The van der Waals surface area contributed by atoms with Crippen LogP contribution in [0.5, 0.6) is 0 Å². The second-order valence-electron chi connectivity index (χ2n) is 6.62. The van der Waals surface area contributed by atoms with Crippen molar-refractivity contribution in [1.29, 1.82) is 0 Å². The Kier molecular flexibility index (Phi) is 5.14. The van der Waals surface area contributed by atoms with E-state index in [9.17, 15) is 4.79 Å². The largest absolute Gasteiger partial charge is 0.282 e. The zero-order valence-corrected chi connectivity index (χ0v) is 16.9. The number of thioether (sulfide) groups is 1. The fourth-order valence-corrected chi connectivity index (χ4v) is 4.94. The summed E-state index contributed by atoms with van der Waals surface area (Å²) in [6.07, 6.45) is 0. The number of hydrogen-bond donors (Lipinski definition) is 0. The summed E-state index contributed by atoms with van der Waals surface area (Å²) in [5.74, 6) is 0.795. The van der Waals surface area contributed by atoms with Crippen molar-refractivity contribution in [3.8, 4) is 0 Å². The van der Waals surface area contributed by atoms with Crippen LogP contribution >= 0.6 is 23.1 Å². The quantitative estimate of drug-likeness (QED) is 0.336. The molecule has 0 amide bonds. The lowest BCUT2D eigenvalue weighted by molar-refractivity contribution is 0.659. The van der Waals surface area contributed by atoms with Gasteiger partial charge in [-0.1, -0.05) is 65.9 Å². The summed E-state index contributed by atoms with van der Waals surface area (Å²) >= 11 is 3.09. The highest BCUT2D eigenvalue weighted by molar-refractivity contribution is 7.98. The van der Waals surface area contributed by atoms with E-state index >= 15 is 0 Å². The molecule has 0 spiro atoms. The van der Waals surface area contributed by atoms with Gasteiger partial charge in [0.25, 0.3) is 5.56 Å². The van der Waals surface area contributed by atoms with Gasteiger partial charge in [0.05, 0.1) is 12.1 Å². The number of hydrogen-bond acceptors (Lipinski definition) is 4. The van der Waals surface area contributed by atoms with Gasteiger partial charge in [-0.05, 0) is 42.0 Å². The van der Waals surface area contributed by atoms with Gasteiger partial charge in [0.15, 0.2) is 5.16 Å². The number of aromatic nitrogens is 2. The Morgan fingerprint density at radius 2 is 1.89 bits per heavy atom. The van der Waals surface area contributed by atoms with Crippen molar-refractivity contribution in [2.24, 2.45) is 0 Å². The molecule has 0 aliphatic heterocycles. The van der Waals surface area contributed by atoms with Crippen LogP contribution < -0.4 is 5.56 Å². The van der Waals surface area contributed by atoms with Gasteiger partial charge in [-0.25, -0.2) is 4.98 Å². The minimum atomic E-state index is 0.0435. The lowest BCUT2D eigenvalue weighted by Gasteiger charge is -2.13. The Bertz CT molecular complexity index is 1150. The molecule has 136 valence electrons. The van der Waals surface area contributed by atoms with E-state index in [4.69, 9.17) is 4.98 Å². The molecular weight excluding hydrogens is 372 g/mol. The zero-order valence-electron chi connectivity index (χ0n) is 15.3. The number of nitrogens with zero attached hydrogens (tertiary/aromatic N) is 2. The Labute approximate surface area is 166 Å². The molecule has 0 aliphatic rings. The molecule has 4 rings (SSSR count). The normalized spacial score (nSPS) is 11.2. The van der Waals surface area contributed by atoms with Crippen molar-refractivity contribution in [2.45, 2.75) is 31.3 Å². The van der Waals surface area contributed by atoms with E-state index in [1.165, 1.54) is 28.0 Å². The molecule has 0 fully saturated rings. The topological polar surface area (TPSA) is 34.9 Å². The molecule has 4 aromatic rings. The third-order valence-corrected chi connectivity index (χ3v) is 6.49. The van der Waals surface area contributed by atoms with Crippen LogP contribution in [0.3, 0.4) is 0 Å². The molecule has 0 aliphatic carbocycles. The fraction of sp³-hybridized carbons (Fsp3) is 0.182. The van der Waals surface area contributed by atoms with Crippen LogP contribution in [0.25, 0.3) is 10.2 Å². The van der Waals surface area contributed by atoms with Crippen molar-refractivity contribution < 1.29 is 0 Å². The lowest BCUT2D eigenvalue weighted by atomic mass is 10.1. The van der Waals surface area contributed by atoms with Crippen molar-refractivity contribution >= 4 is 33.3 Å². The number of aryl methyl sites for hydroxylation is 2. The summed E-state index contributed by atoms with van der Waals surface area (Å²) in [5.41, 5.74) is 5.75. The minimum Gasteiger partial charge on any atom is -0.282 e. The molecule has 5 heteroatoms. The molecule has 2 aromatic carbocycles. The van der Waals surface area contributed by atoms with Gasteiger partial charge in [-0.2, -0.15) is 0 Å². The predicted octanol–water partition coefficient (Wildman–Crippen LogP) is 5.42. The van der Waals surface area contributed by atoms with E-state index in [1.807, 2.05) is 46.3 Å². The van der Waals surface area contributed by atoms with Crippen molar-refractivity contribution in [1.82, 2.24) is 9.55 Å². The second-order valence-corrected chi connectivity index (χ2v) is 8.48. The van der Waals surface area contributed by atoms with E-state index in [2.05, 4.69) is 32.0 Å². The first kappa shape index (κ1) is 18.0. The van der Waals surface area contributed by atoms with Gasteiger partial charge < -0.3 is 0 Å². The number of thiophene rings is 1. The summed E-state index contributed by atoms with van der Waals surface area (Å²) in [7, 11) is 0. The molecular formula is C22H20N2OS2. The maximum Gasteiger partial charge on any atom is 0.272 e. The maximum absolute atomic E-state index is 13.1. The van der Waals surface area contributed by atoms with Gasteiger partial charge in [-0.15, -0.1) is 11.3 Å². The Morgan fingerprint density at radius 1 is 1.07 bits per heavy atom. The van der Waals surface area contributed by atoms with Crippen LogP contribution in [0.15, 0.2) is 69.9 Å². The van der Waals surface area contributed by atoms with E-state index in [0.29, 0.717) is 6.54 Å². The summed E-state index contributed by atoms with van der Waals surface area (Å²) < 4.78 is 2.53. The maximum atomic E-state index is 13.1. The van der Waals surface area contributed by atoms with Crippen molar-refractivity contribution in [3.05, 3.63) is 92.6 Å². The molecule has 2 heterocycles. The molecule has 0 saturated carbocycles. The minimum absolute atomic E-state index is 0.0435. The third kappa shape index (κ3) is 3.84. The molecule has 0 N–H and O–H groups in total. The molecule has 0 unspecified atom stereocenters. The van der Waals surface area contributed by atoms with Crippen LogP contribution in [0.1, 0.15) is 22.3 Å². The lowest BCUT2D eigenvalue weighted by Crippen LogP contribution is -2.23. The zero-order chi connectivity index (χ0) is 18.8. The highest BCUT2D eigenvalue weighted by atomic mass is 32.2.